The molecule has 0 spiro atoms. The number of aliphatic carboxylic acids is 2. The fraction of sp³-hybridized carbons (Fsp3) is 0.300. The predicted molar refractivity (Wildman–Crippen MR) is 108 cm³/mol. The van der Waals surface area contributed by atoms with E-state index in [1.165, 1.54) is 4.90 Å². The molecule has 28 heavy (non-hydrogen) atoms. The number of hydrogen-bond donors (Lipinski definition) is 4. The van der Waals surface area contributed by atoms with Crippen molar-refractivity contribution in [2.24, 2.45) is 0 Å². The summed E-state index contributed by atoms with van der Waals surface area (Å²) in [5.41, 5.74) is 0. The van der Waals surface area contributed by atoms with Crippen molar-refractivity contribution in [3.8, 4) is 5.75 Å². The fourth-order valence-corrected chi connectivity index (χ4v) is 2.81. The summed E-state index contributed by atoms with van der Waals surface area (Å²) in [6.45, 7) is 2.96. The van der Waals surface area contributed by atoms with E-state index in [1.54, 1.807) is 0 Å². The number of rotatable bonds is 9. The highest BCUT2D eigenvalue weighted by Crippen LogP contribution is 2.17. The topological polar surface area (TPSA) is 116 Å². The van der Waals surface area contributed by atoms with Crippen molar-refractivity contribution in [1.82, 2.24) is 5.32 Å². The number of nitrogens with one attached hydrogen (secondary N) is 1. The summed E-state index contributed by atoms with van der Waals surface area (Å²) in [5, 5.41) is 28.1. The van der Waals surface area contributed by atoms with Gasteiger partial charge in [-0.1, -0.05) is 36.4 Å². The van der Waals surface area contributed by atoms with Gasteiger partial charge in [0.2, 0.25) is 0 Å². The first kappa shape index (κ1) is 23.5. The van der Waals surface area contributed by atoms with E-state index in [1.807, 2.05) is 60.3 Å². The zero-order valence-corrected chi connectivity index (χ0v) is 16.3. The second kappa shape index (κ2) is 13.6. The average molecular weight is 407 g/mol. The van der Waals surface area contributed by atoms with E-state index in [0.717, 1.165) is 11.5 Å². The van der Waals surface area contributed by atoms with Crippen LogP contribution >= 0.6 is 11.8 Å². The first-order chi connectivity index (χ1) is 13.4. The Labute approximate surface area is 168 Å². The van der Waals surface area contributed by atoms with Crippen LogP contribution in [0.25, 0.3) is 0 Å². The highest BCUT2D eigenvalue weighted by Gasteiger charge is 2.08. The van der Waals surface area contributed by atoms with Crippen molar-refractivity contribution in [3.63, 3.8) is 0 Å². The fourth-order valence-electron chi connectivity index (χ4n) is 1.90. The Morgan fingerprint density at radius 3 is 2.07 bits per heavy atom. The number of carboxylic acid groups (broad SMARTS) is 2. The maximum atomic E-state index is 9.95. The van der Waals surface area contributed by atoms with E-state index >= 15 is 0 Å². The molecule has 0 fully saturated rings. The molecule has 0 saturated carbocycles. The van der Waals surface area contributed by atoms with E-state index in [0.29, 0.717) is 19.2 Å². The number of carbonyl (C=O) groups is 2. The average Bonchev–Trinajstić information content (AvgIpc) is 2.71. The lowest BCUT2D eigenvalue weighted by Crippen LogP contribution is -2.37. The van der Waals surface area contributed by atoms with Gasteiger partial charge < -0.3 is 25.4 Å². The summed E-state index contributed by atoms with van der Waals surface area (Å²) in [6, 6.07) is 20.2. The van der Waals surface area contributed by atoms with Crippen LogP contribution in [0.4, 0.5) is 0 Å². The second-order valence-electron chi connectivity index (χ2n) is 5.82. The van der Waals surface area contributed by atoms with Gasteiger partial charge in [-0.15, -0.1) is 11.8 Å². The lowest BCUT2D eigenvalue weighted by molar-refractivity contribution is -0.159. The molecule has 0 aliphatic heterocycles. The van der Waals surface area contributed by atoms with Gasteiger partial charge in [0.05, 0.1) is 0 Å². The zero-order chi connectivity index (χ0) is 20.8. The van der Waals surface area contributed by atoms with Crippen LogP contribution in [0.15, 0.2) is 65.6 Å². The summed E-state index contributed by atoms with van der Waals surface area (Å²) < 4.78 is 5.53. The van der Waals surface area contributed by atoms with E-state index in [2.05, 4.69) is 24.4 Å². The summed E-state index contributed by atoms with van der Waals surface area (Å²) in [6.07, 6.45) is -0.510. The van der Waals surface area contributed by atoms with E-state index in [4.69, 9.17) is 24.5 Å². The number of aliphatic hydroxyl groups is 1. The monoisotopic (exact) mass is 407 g/mol. The third kappa shape index (κ3) is 11.2. The first-order valence-electron chi connectivity index (χ1n) is 8.61. The molecule has 0 saturated heterocycles. The molecule has 2 aromatic carbocycles. The van der Waals surface area contributed by atoms with Crippen LogP contribution in [0.3, 0.4) is 0 Å². The Hall–Kier alpha value is -2.55. The van der Waals surface area contributed by atoms with E-state index in [9.17, 15) is 5.11 Å². The smallest absolute Gasteiger partial charge is 0.414 e. The minimum atomic E-state index is -1.82. The molecule has 0 aliphatic carbocycles. The van der Waals surface area contributed by atoms with Gasteiger partial charge in [-0.2, -0.15) is 0 Å². The number of para-hydroxylation sites is 1. The minimum absolute atomic E-state index is 0.301. The predicted octanol–water partition coefficient (Wildman–Crippen LogP) is 2.35. The Morgan fingerprint density at radius 1 is 1.00 bits per heavy atom. The molecule has 4 N–H and O–H groups in total. The molecule has 0 aromatic heterocycles. The van der Waals surface area contributed by atoms with E-state index < -0.39 is 18.0 Å². The number of aliphatic hydroxyl groups excluding tert-OH is 1. The highest BCUT2D eigenvalue weighted by atomic mass is 32.2. The minimum Gasteiger partial charge on any atom is -0.491 e. The summed E-state index contributed by atoms with van der Waals surface area (Å²) in [5.74, 6) is -1.89. The molecule has 2 rings (SSSR count). The first-order valence-corrected chi connectivity index (χ1v) is 9.60. The Balaban J connectivity index is 0.000000568. The molecule has 0 heterocycles. The Kier molecular flexibility index (Phi) is 11.4. The lowest BCUT2D eigenvalue weighted by Gasteiger charge is -2.17. The largest absolute Gasteiger partial charge is 0.491 e. The maximum absolute atomic E-state index is 9.95. The normalized spacial score (nSPS) is 12.2. The molecular weight excluding hydrogens is 382 g/mol. The molecule has 2 atom stereocenters. The van der Waals surface area contributed by atoms with Gasteiger partial charge in [-0.3, -0.25) is 0 Å². The van der Waals surface area contributed by atoms with Crippen LogP contribution < -0.4 is 10.1 Å². The summed E-state index contributed by atoms with van der Waals surface area (Å²) >= 11 is 1.82. The molecule has 7 nitrogen and oxygen atoms in total. The molecule has 0 amide bonds. The zero-order valence-electron chi connectivity index (χ0n) is 15.5. The standard InChI is InChI=1S/C18H23NO2S.C2H2O4/c1-15(14-22-18-10-6-3-7-11-18)19-12-16(20)13-21-17-8-4-2-5-9-17;3-1(4)2(5)6/h2-11,15-16,19-20H,12-14H2,1H3;(H,3,4)(H,5,6). The van der Waals surface area contributed by atoms with Crippen LogP contribution in [0.2, 0.25) is 0 Å². The van der Waals surface area contributed by atoms with Crippen molar-refractivity contribution < 1.29 is 29.6 Å². The van der Waals surface area contributed by atoms with Gasteiger partial charge in [-0.05, 0) is 31.2 Å². The second-order valence-corrected chi connectivity index (χ2v) is 6.91. The molecule has 152 valence electrons. The van der Waals surface area contributed by atoms with E-state index in [-0.39, 0.29) is 0 Å². The molecular formula is C20H25NO6S. The molecule has 0 radical (unpaired) electrons. The SMILES string of the molecule is CC(CSc1ccccc1)NCC(O)COc1ccccc1.O=C(O)C(=O)O. The quantitative estimate of drug-likeness (QED) is 0.370. The number of carboxylic acids is 2. The summed E-state index contributed by atoms with van der Waals surface area (Å²) in [7, 11) is 0. The molecule has 2 unspecified atom stereocenters. The number of ether oxygens (including phenoxy) is 1. The molecule has 2 aromatic rings. The van der Waals surface area contributed by atoms with Crippen molar-refractivity contribution in [1.29, 1.82) is 0 Å². The molecule has 0 bridgehead atoms. The van der Waals surface area contributed by atoms with Crippen LogP contribution in [-0.2, 0) is 9.59 Å². The lowest BCUT2D eigenvalue weighted by atomic mass is 10.3. The van der Waals surface area contributed by atoms with Crippen LogP contribution in [0.1, 0.15) is 6.92 Å². The van der Waals surface area contributed by atoms with Gasteiger partial charge in [0.15, 0.2) is 0 Å². The third-order valence-electron chi connectivity index (χ3n) is 3.31. The number of hydrogen-bond acceptors (Lipinski definition) is 6. The number of benzene rings is 2. The Bertz CT molecular complexity index is 637. The van der Waals surface area contributed by atoms with Gasteiger partial charge in [0, 0.05) is 23.2 Å². The van der Waals surface area contributed by atoms with Crippen molar-refractivity contribution in [2.75, 3.05) is 18.9 Å². The van der Waals surface area contributed by atoms with Crippen LogP contribution in [0, 0.1) is 0 Å². The maximum Gasteiger partial charge on any atom is 0.414 e. The number of thioether (sulfide) groups is 1. The Morgan fingerprint density at radius 2 is 1.54 bits per heavy atom. The van der Waals surface area contributed by atoms with Crippen molar-refractivity contribution >= 4 is 23.7 Å². The van der Waals surface area contributed by atoms with Crippen molar-refractivity contribution in [3.05, 3.63) is 60.7 Å². The summed E-state index contributed by atoms with van der Waals surface area (Å²) in [4.78, 5) is 19.5. The van der Waals surface area contributed by atoms with Crippen LogP contribution in [-0.4, -0.2) is 58.3 Å². The van der Waals surface area contributed by atoms with Gasteiger partial charge in [-0.25, -0.2) is 9.59 Å². The van der Waals surface area contributed by atoms with Gasteiger partial charge in [0.25, 0.3) is 0 Å². The molecule has 0 aliphatic rings. The van der Waals surface area contributed by atoms with Gasteiger partial charge >= 0.3 is 11.9 Å². The van der Waals surface area contributed by atoms with Gasteiger partial charge in [0.1, 0.15) is 18.5 Å². The third-order valence-corrected chi connectivity index (χ3v) is 4.59. The van der Waals surface area contributed by atoms with Crippen LogP contribution in [0.5, 0.6) is 5.75 Å². The molecule has 8 heteroatoms. The van der Waals surface area contributed by atoms with Crippen molar-refractivity contribution in [2.45, 2.75) is 24.0 Å². The highest BCUT2D eigenvalue weighted by molar-refractivity contribution is 7.99.